The summed E-state index contributed by atoms with van der Waals surface area (Å²) in [4.78, 5) is 6.18. The van der Waals surface area contributed by atoms with Gasteiger partial charge in [-0.2, -0.15) is 5.26 Å². The van der Waals surface area contributed by atoms with Crippen molar-refractivity contribution >= 4 is 17.4 Å². The summed E-state index contributed by atoms with van der Waals surface area (Å²) in [6, 6.07) is 5.91. The number of rotatable bonds is 4. The molecule has 1 heterocycles. The lowest BCUT2D eigenvalue weighted by molar-refractivity contribution is 0.877. The molecule has 0 unspecified atom stereocenters. The average Bonchev–Trinajstić information content (AvgIpc) is 2.25. The molecule has 0 bridgehead atoms. The highest BCUT2D eigenvalue weighted by Gasteiger charge is 2.06. The van der Waals surface area contributed by atoms with Gasteiger partial charge in [-0.05, 0) is 6.07 Å². The van der Waals surface area contributed by atoms with Crippen LogP contribution in [0.3, 0.4) is 0 Å². The third kappa shape index (κ3) is 2.61. The van der Waals surface area contributed by atoms with Crippen molar-refractivity contribution in [2.24, 2.45) is 0 Å². The topological polar surface area (TPSA) is 39.9 Å². The lowest BCUT2D eigenvalue weighted by Gasteiger charge is -2.18. The van der Waals surface area contributed by atoms with Crippen LogP contribution in [0.4, 0.5) is 5.82 Å². The zero-order chi connectivity index (χ0) is 10.4. The Morgan fingerprint density at radius 3 is 3.07 bits per heavy atom. The Bertz CT molecular complexity index is 332. The zero-order valence-electron chi connectivity index (χ0n) is 8.07. The van der Waals surface area contributed by atoms with E-state index in [1.54, 1.807) is 6.20 Å². The molecule has 0 aliphatic heterocycles. The standard InChI is InChI=1S/C10H12ClN3/c1-14(7-3-5-12)10-9(8-11)4-2-6-13-10/h2,4,6H,3,7-8H2,1H3. The Hall–Kier alpha value is -1.27. The van der Waals surface area contributed by atoms with Crippen molar-refractivity contribution in [3.05, 3.63) is 23.9 Å². The van der Waals surface area contributed by atoms with Gasteiger partial charge in [0.2, 0.25) is 0 Å². The number of nitrogens with zero attached hydrogens (tertiary/aromatic N) is 3. The normalized spacial score (nSPS) is 9.50. The van der Waals surface area contributed by atoms with E-state index < -0.39 is 0 Å². The molecule has 0 radical (unpaired) electrons. The van der Waals surface area contributed by atoms with Crippen molar-refractivity contribution in [2.75, 3.05) is 18.5 Å². The van der Waals surface area contributed by atoms with E-state index >= 15 is 0 Å². The molecule has 0 aromatic carbocycles. The van der Waals surface area contributed by atoms with Gasteiger partial charge in [0.05, 0.1) is 18.4 Å². The highest BCUT2D eigenvalue weighted by Crippen LogP contribution is 2.17. The lowest BCUT2D eigenvalue weighted by Crippen LogP contribution is -2.20. The van der Waals surface area contributed by atoms with E-state index in [2.05, 4.69) is 11.1 Å². The van der Waals surface area contributed by atoms with Crippen LogP contribution >= 0.6 is 11.6 Å². The third-order valence-corrected chi connectivity index (χ3v) is 2.22. The molecule has 3 nitrogen and oxygen atoms in total. The molecule has 4 heteroatoms. The van der Waals surface area contributed by atoms with Crippen LogP contribution in [0.5, 0.6) is 0 Å². The molecule has 14 heavy (non-hydrogen) atoms. The van der Waals surface area contributed by atoms with E-state index in [4.69, 9.17) is 16.9 Å². The molecule has 74 valence electrons. The molecule has 1 aromatic heterocycles. The van der Waals surface area contributed by atoms with Crippen LogP contribution in [0.1, 0.15) is 12.0 Å². The van der Waals surface area contributed by atoms with Crippen LogP contribution in [-0.2, 0) is 5.88 Å². The van der Waals surface area contributed by atoms with E-state index in [1.165, 1.54) is 0 Å². The summed E-state index contributed by atoms with van der Waals surface area (Å²) >= 11 is 5.78. The van der Waals surface area contributed by atoms with Gasteiger partial charge < -0.3 is 4.90 Å². The molecule has 0 saturated carbocycles. The molecular weight excluding hydrogens is 198 g/mol. The van der Waals surface area contributed by atoms with Crippen LogP contribution in [0.25, 0.3) is 0 Å². The largest absolute Gasteiger partial charge is 0.358 e. The second-order valence-corrected chi connectivity index (χ2v) is 3.22. The summed E-state index contributed by atoms with van der Waals surface area (Å²) in [5, 5.41) is 8.47. The molecule has 0 N–H and O–H groups in total. The van der Waals surface area contributed by atoms with Gasteiger partial charge >= 0.3 is 0 Å². The molecule has 0 aliphatic carbocycles. The predicted molar refractivity (Wildman–Crippen MR) is 57.3 cm³/mol. The summed E-state index contributed by atoms with van der Waals surface area (Å²) in [5.74, 6) is 1.30. The van der Waals surface area contributed by atoms with Crippen molar-refractivity contribution in [3.63, 3.8) is 0 Å². The van der Waals surface area contributed by atoms with E-state index in [0.717, 1.165) is 11.4 Å². The fourth-order valence-electron chi connectivity index (χ4n) is 1.20. The smallest absolute Gasteiger partial charge is 0.132 e. The summed E-state index contributed by atoms with van der Waals surface area (Å²) in [6.07, 6.45) is 2.23. The lowest BCUT2D eigenvalue weighted by atomic mass is 10.2. The summed E-state index contributed by atoms with van der Waals surface area (Å²) in [6.45, 7) is 0.678. The van der Waals surface area contributed by atoms with Gasteiger partial charge in [-0.1, -0.05) is 6.07 Å². The number of nitriles is 1. The van der Waals surface area contributed by atoms with E-state index in [9.17, 15) is 0 Å². The fraction of sp³-hybridized carbons (Fsp3) is 0.400. The van der Waals surface area contributed by atoms with Gasteiger partial charge in [0.1, 0.15) is 5.82 Å². The number of hydrogen-bond acceptors (Lipinski definition) is 3. The van der Waals surface area contributed by atoms with Crippen LogP contribution in [0.15, 0.2) is 18.3 Å². The maximum absolute atomic E-state index is 8.47. The number of halogens is 1. The van der Waals surface area contributed by atoms with Crippen molar-refractivity contribution < 1.29 is 0 Å². The van der Waals surface area contributed by atoms with E-state index in [1.807, 2.05) is 24.1 Å². The van der Waals surface area contributed by atoms with Gasteiger partial charge in [-0.15, -0.1) is 11.6 Å². The molecule has 0 amide bonds. The monoisotopic (exact) mass is 209 g/mol. The number of anilines is 1. The molecule has 0 spiro atoms. The molecule has 0 saturated heterocycles. The first kappa shape index (κ1) is 10.8. The van der Waals surface area contributed by atoms with Gasteiger partial charge in [0.15, 0.2) is 0 Å². The molecular formula is C10H12ClN3. The van der Waals surface area contributed by atoms with Crippen LogP contribution in [0, 0.1) is 11.3 Å². The summed E-state index contributed by atoms with van der Waals surface area (Å²) in [5.41, 5.74) is 0.995. The molecule has 0 fully saturated rings. The van der Waals surface area contributed by atoms with Gasteiger partial charge in [0.25, 0.3) is 0 Å². The van der Waals surface area contributed by atoms with Crippen LogP contribution < -0.4 is 4.90 Å². The Morgan fingerprint density at radius 2 is 2.43 bits per heavy atom. The van der Waals surface area contributed by atoms with Crippen LogP contribution in [-0.4, -0.2) is 18.6 Å². The van der Waals surface area contributed by atoms with E-state index in [-0.39, 0.29) is 0 Å². The highest BCUT2D eigenvalue weighted by molar-refractivity contribution is 6.17. The van der Waals surface area contributed by atoms with Crippen molar-refractivity contribution in [1.82, 2.24) is 4.98 Å². The number of hydrogen-bond donors (Lipinski definition) is 0. The first-order chi connectivity index (χ1) is 6.79. The third-order valence-electron chi connectivity index (χ3n) is 1.93. The van der Waals surface area contributed by atoms with Gasteiger partial charge in [-0.25, -0.2) is 4.98 Å². The van der Waals surface area contributed by atoms with Crippen molar-refractivity contribution in [1.29, 1.82) is 5.26 Å². The number of pyridine rings is 1. The first-order valence-electron chi connectivity index (χ1n) is 4.37. The van der Waals surface area contributed by atoms with Crippen molar-refractivity contribution in [3.8, 4) is 6.07 Å². The minimum atomic E-state index is 0.445. The minimum absolute atomic E-state index is 0.445. The Balaban J connectivity index is 2.78. The maximum atomic E-state index is 8.47. The second kappa shape index (κ2) is 5.46. The quantitative estimate of drug-likeness (QED) is 0.714. The SMILES string of the molecule is CN(CCC#N)c1ncccc1CCl. The van der Waals surface area contributed by atoms with Crippen molar-refractivity contribution in [2.45, 2.75) is 12.3 Å². The fourth-order valence-corrected chi connectivity index (χ4v) is 1.41. The number of alkyl halides is 1. The van der Waals surface area contributed by atoms with Crippen LogP contribution in [0.2, 0.25) is 0 Å². The Morgan fingerprint density at radius 1 is 1.64 bits per heavy atom. The molecule has 0 aliphatic rings. The Labute approximate surface area is 88.9 Å². The molecule has 1 aromatic rings. The van der Waals surface area contributed by atoms with E-state index in [0.29, 0.717) is 18.8 Å². The number of aromatic nitrogens is 1. The molecule has 0 atom stereocenters. The second-order valence-electron chi connectivity index (χ2n) is 2.95. The summed E-state index contributed by atoms with van der Waals surface area (Å²) in [7, 11) is 1.91. The summed E-state index contributed by atoms with van der Waals surface area (Å²) < 4.78 is 0. The Kier molecular flexibility index (Phi) is 4.21. The minimum Gasteiger partial charge on any atom is -0.358 e. The average molecular weight is 210 g/mol. The highest BCUT2D eigenvalue weighted by atomic mass is 35.5. The van der Waals surface area contributed by atoms with Gasteiger partial charge in [0, 0.05) is 25.4 Å². The molecule has 1 rings (SSSR count). The zero-order valence-corrected chi connectivity index (χ0v) is 8.83. The predicted octanol–water partition coefficient (Wildman–Crippen LogP) is 2.17. The van der Waals surface area contributed by atoms with Gasteiger partial charge in [-0.3, -0.25) is 0 Å². The first-order valence-corrected chi connectivity index (χ1v) is 4.91. The maximum Gasteiger partial charge on any atom is 0.132 e.